The Morgan fingerprint density at radius 3 is 3.06 bits per heavy atom. The van der Waals surface area contributed by atoms with E-state index in [2.05, 4.69) is 31.4 Å². The van der Waals surface area contributed by atoms with Crippen LogP contribution < -0.4 is 5.32 Å². The van der Waals surface area contributed by atoms with Crippen molar-refractivity contribution in [3.8, 4) is 11.5 Å². The number of nitrogens with one attached hydrogen (secondary N) is 1. The maximum absolute atomic E-state index is 5.93. The highest BCUT2D eigenvalue weighted by Gasteiger charge is 2.12. The number of rotatable bonds is 4. The van der Waals surface area contributed by atoms with Crippen LogP contribution in [0.2, 0.25) is 5.02 Å². The van der Waals surface area contributed by atoms with E-state index in [-0.39, 0.29) is 0 Å². The molecule has 0 aliphatic heterocycles. The molecular weight excluding hydrogens is 305 g/mol. The van der Waals surface area contributed by atoms with Gasteiger partial charge in [-0.3, -0.25) is 0 Å². The van der Waals surface area contributed by atoms with Gasteiger partial charge in [-0.2, -0.15) is 4.98 Å². The summed E-state index contributed by atoms with van der Waals surface area (Å²) in [7, 11) is 0. The van der Waals surface area contributed by atoms with Crippen LogP contribution in [0.4, 0.5) is 0 Å². The standard InChI is InChI=1S/C11H11BrClN3O/c1-2-14-6-10-15-11(17-16-10)8-5-7(13)3-4-9(8)12/h3-5,14H,2,6H2,1H3. The SMILES string of the molecule is CCNCc1noc(-c2cc(Cl)ccc2Br)n1. The monoisotopic (exact) mass is 315 g/mol. The minimum Gasteiger partial charge on any atom is -0.334 e. The molecule has 0 saturated carbocycles. The van der Waals surface area contributed by atoms with Gasteiger partial charge in [0.2, 0.25) is 0 Å². The highest BCUT2D eigenvalue weighted by Crippen LogP contribution is 2.29. The number of nitrogens with zero attached hydrogens (tertiary/aromatic N) is 2. The Labute approximate surface area is 112 Å². The molecule has 0 fully saturated rings. The Morgan fingerprint density at radius 2 is 2.29 bits per heavy atom. The van der Waals surface area contributed by atoms with Gasteiger partial charge in [-0.25, -0.2) is 0 Å². The zero-order valence-electron chi connectivity index (χ0n) is 9.20. The van der Waals surface area contributed by atoms with Crippen LogP contribution in [-0.4, -0.2) is 16.7 Å². The third-order valence-electron chi connectivity index (χ3n) is 2.16. The van der Waals surface area contributed by atoms with Gasteiger partial charge in [0.25, 0.3) is 5.89 Å². The largest absolute Gasteiger partial charge is 0.334 e. The summed E-state index contributed by atoms with van der Waals surface area (Å²) in [6.45, 7) is 3.48. The first-order chi connectivity index (χ1) is 8.20. The molecule has 0 atom stereocenters. The molecule has 1 N–H and O–H groups in total. The summed E-state index contributed by atoms with van der Waals surface area (Å²) >= 11 is 9.36. The van der Waals surface area contributed by atoms with Crippen LogP contribution in [0.3, 0.4) is 0 Å². The van der Waals surface area contributed by atoms with E-state index in [4.69, 9.17) is 16.1 Å². The zero-order valence-corrected chi connectivity index (χ0v) is 11.5. The van der Waals surface area contributed by atoms with Crippen LogP contribution in [0, 0.1) is 0 Å². The van der Waals surface area contributed by atoms with E-state index < -0.39 is 0 Å². The lowest BCUT2D eigenvalue weighted by Crippen LogP contribution is -2.12. The Morgan fingerprint density at radius 1 is 1.47 bits per heavy atom. The molecule has 0 bridgehead atoms. The molecular formula is C11H11BrClN3O. The molecule has 90 valence electrons. The van der Waals surface area contributed by atoms with Crippen LogP contribution >= 0.6 is 27.5 Å². The van der Waals surface area contributed by atoms with Gasteiger partial charge in [-0.1, -0.05) is 23.7 Å². The molecule has 17 heavy (non-hydrogen) atoms. The van der Waals surface area contributed by atoms with Crippen molar-refractivity contribution in [2.24, 2.45) is 0 Å². The second kappa shape index (κ2) is 5.62. The molecule has 0 unspecified atom stereocenters. The van der Waals surface area contributed by atoms with Crippen molar-refractivity contribution in [2.75, 3.05) is 6.54 Å². The lowest BCUT2D eigenvalue weighted by Gasteiger charge is -1.98. The van der Waals surface area contributed by atoms with Crippen molar-refractivity contribution in [2.45, 2.75) is 13.5 Å². The highest BCUT2D eigenvalue weighted by molar-refractivity contribution is 9.10. The summed E-state index contributed by atoms with van der Waals surface area (Å²) < 4.78 is 6.07. The maximum Gasteiger partial charge on any atom is 0.259 e. The van der Waals surface area contributed by atoms with Gasteiger partial charge in [0.15, 0.2) is 5.82 Å². The number of hydrogen-bond acceptors (Lipinski definition) is 4. The minimum atomic E-state index is 0.465. The fourth-order valence-electron chi connectivity index (χ4n) is 1.33. The van der Waals surface area contributed by atoms with Crippen LogP contribution in [0.5, 0.6) is 0 Å². The summed E-state index contributed by atoms with van der Waals surface area (Å²) in [5.41, 5.74) is 0.799. The maximum atomic E-state index is 5.93. The topological polar surface area (TPSA) is 51.0 Å². The molecule has 0 aliphatic rings. The third kappa shape index (κ3) is 3.06. The molecule has 1 heterocycles. The number of aromatic nitrogens is 2. The molecule has 0 spiro atoms. The molecule has 2 rings (SSSR count). The van der Waals surface area contributed by atoms with Crippen LogP contribution in [0.25, 0.3) is 11.5 Å². The second-order valence-corrected chi connectivity index (χ2v) is 4.71. The second-order valence-electron chi connectivity index (χ2n) is 3.42. The van der Waals surface area contributed by atoms with Crippen molar-refractivity contribution in [3.63, 3.8) is 0 Å². The third-order valence-corrected chi connectivity index (χ3v) is 3.09. The summed E-state index contributed by atoms with van der Waals surface area (Å²) in [5, 5.41) is 7.65. The Balaban J connectivity index is 2.27. The van der Waals surface area contributed by atoms with E-state index in [1.54, 1.807) is 12.1 Å². The Hall–Kier alpha value is -0.910. The predicted octanol–water partition coefficient (Wildman–Crippen LogP) is 3.26. The first kappa shape index (κ1) is 12.5. The fraction of sp³-hybridized carbons (Fsp3) is 0.273. The van der Waals surface area contributed by atoms with E-state index in [0.717, 1.165) is 16.6 Å². The normalized spacial score (nSPS) is 10.8. The van der Waals surface area contributed by atoms with Gasteiger partial charge in [0.05, 0.1) is 12.1 Å². The van der Waals surface area contributed by atoms with Gasteiger partial charge in [-0.05, 0) is 40.7 Å². The predicted molar refractivity (Wildman–Crippen MR) is 69.8 cm³/mol. The molecule has 0 amide bonds. The van der Waals surface area contributed by atoms with Gasteiger partial charge in [0.1, 0.15) is 0 Å². The first-order valence-corrected chi connectivity index (χ1v) is 6.36. The number of benzene rings is 1. The van der Waals surface area contributed by atoms with Crippen molar-refractivity contribution in [1.82, 2.24) is 15.5 Å². The Kier molecular flexibility index (Phi) is 4.15. The quantitative estimate of drug-likeness (QED) is 0.940. The lowest BCUT2D eigenvalue weighted by atomic mass is 10.2. The van der Waals surface area contributed by atoms with E-state index in [1.165, 1.54) is 0 Å². The summed E-state index contributed by atoms with van der Waals surface area (Å²) in [6, 6.07) is 5.44. The molecule has 0 aliphatic carbocycles. The number of hydrogen-bond donors (Lipinski definition) is 1. The average molecular weight is 317 g/mol. The lowest BCUT2D eigenvalue weighted by molar-refractivity contribution is 0.419. The first-order valence-electron chi connectivity index (χ1n) is 5.19. The zero-order chi connectivity index (χ0) is 12.3. The van der Waals surface area contributed by atoms with E-state index >= 15 is 0 Å². The van der Waals surface area contributed by atoms with Crippen LogP contribution in [0.15, 0.2) is 27.2 Å². The Bertz CT molecular complexity index is 515. The molecule has 1 aromatic heterocycles. The van der Waals surface area contributed by atoms with Crippen LogP contribution in [-0.2, 0) is 6.54 Å². The molecule has 0 radical (unpaired) electrons. The van der Waals surface area contributed by atoms with Crippen molar-refractivity contribution >= 4 is 27.5 Å². The summed E-state index contributed by atoms with van der Waals surface area (Å²) in [5.74, 6) is 1.10. The summed E-state index contributed by atoms with van der Waals surface area (Å²) in [4.78, 5) is 4.29. The molecule has 1 aromatic carbocycles. The number of halogens is 2. The van der Waals surface area contributed by atoms with E-state index in [0.29, 0.717) is 23.3 Å². The van der Waals surface area contributed by atoms with Crippen molar-refractivity contribution in [1.29, 1.82) is 0 Å². The van der Waals surface area contributed by atoms with Gasteiger partial charge in [0, 0.05) is 9.50 Å². The summed E-state index contributed by atoms with van der Waals surface area (Å²) in [6.07, 6.45) is 0. The molecule has 6 heteroatoms. The highest BCUT2D eigenvalue weighted by atomic mass is 79.9. The van der Waals surface area contributed by atoms with Gasteiger partial charge in [-0.15, -0.1) is 0 Å². The average Bonchev–Trinajstić information content (AvgIpc) is 2.78. The van der Waals surface area contributed by atoms with Crippen molar-refractivity contribution < 1.29 is 4.52 Å². The smallest absolute Gasteiger partial charge is 0.259 e. The van der Waals surface area contributed by atoms with E-state index in [1.807, 2.05) is 13.0 Å². The molecule has 0 saturated heterocycles. The fourth-order valence-corrected chi connectivity index (χ4v) is 1.92. The molecule has 2 aromatic rings. The van der Waals surface area contributed by atoms with Gasteiger partial charge < -0.3 is 9.84 Å². The van der Waals surface area contributed by atoms with Crippen molar-refractivity contribution in [3.05, 3.63) is 33.5 Å². The molecule has 4 nitrogen and oxygen atoms in total. The minimum absolute atomic E-state index is 0.465. The van der Waals surface area contributed by atoms with E-state index in [9.17, 15) is 0 Å². The van der Waals surface area contributed by atoms with Crippen LogP contribution in [0.1, 0.15) is 12.7 Å². The van der Waals surface area contributed by atoms with Gasteiger partial charge >= 0.3 is 0 Å².